The zero-order chi connectivity index (χ0) is 11.6. The third-order valence-corrected chi connectivity index (χ3v) is 2.62. The molecule has 0 amide bonds. The highest BCUT2D eigenvalue weighted by molar-refractivity contribution is 14.0. The van der Waals surface area contributed by atoms with E-state index >= 15 is 0 Å². The number of rotatable bonds is 9. The van der Waals surface area contributed by atoms with Crippen LogP contribution < -0.4 is 11.1 Å². The van der Waals surface area contributed by atoms with Crippen molar-refractivity contribution in [1.82, 2.24) is 5.32 Å². The van der Waals surface area contributed by atoms with E-state index in [-0.39, 0.29) is 24.0 Å². The Kier molecular flexibility index (Phi) is 11.0. The Balaban J connectivity index is 0.00000256. The highest BCUT2D eigenvalue weighted by Gasteiger charge is 2.20. The maximum atomic E-state index is 5.69. The van der Waals surface area contributed by atoms with Crippen molar-refractivity contribution in [2.24, 2.45) is 16.6 Å². The maximum Gasteiger partial charge on any atom is 0.188 e. The van der Waals surface area contributed by atoms with Crippen LogP contribution in [0.15, 0.2) is 4.99 Å². The third kappa shape index (κ3) is 10.8. The van der Waals surface area contributed by atoms with Crippen LogP contribution in [-0.2, 0) is 4.74 Å². The van der Waals surface area contributed by atoms with Crippen LogP contribution in [0.25, 0.3) is 0 Å². The largest absolute Gasteiger partial charge is 0.381 e. The summed E-state index contributed by atoms with van der Waals surface area (Å²) in [5.74, 6) is 1.42. The van der Waals surface area contributed by atoms with Crippen LogP contribution in [0.3, 0.4) is 0 Å². The maximum absolute atomic E-state index is 5.69. The van der Waals surface area contributed by atoms with Crippen molar-refractivity contribution < 1.29 is 4.74 Å². The van der Waals surface area contributed by atoms with Gasteiger partial charge in [0.25, 0.3) is 0 Å². The quantitative estimate of drug-likeness (QED) is 0.288. The predicted octanol–water partition coefficient (Wildman–Crippen LogP) is 2.13. The van der Waals surface area contributed by atoms with Gasteiger partial charge in [-0.3, -0.25) is 4.99 Å². The van der Waals surface area contributed by atoms with E-state index < -0.39 is 0 Å². The molecule has 0 spiro atoms. The summed E-state index contributed by atoms with van der Waals surface area (Å²) in [6, 6.07) is 0. The Morgan fingerprint density at radius 2 is 2.18 bits per heavy atom. The van der Waals surface area contributed by atoms with Gasteiger partial charge in [-0.15, -0.1) is 24.0 Å². The topological polar surface area (TPSA) is 59.6 Å². The lowest BCUT2D eigenvalue weighted by molar-refractivity contribution is 0.123. The Labute approximate surface area is 122 Å². The zero-order valence-electron chi connectivity index (χ0n) is 10.8. The van der Waals surface area contributed by atoms with Gasteiger partial charge in [0.1, 0.15) is 0 Å². The van der Waals surface area contributed by atoms with Crippen LogP contribution in [0, 0.1) is 5.92 Å². The van der Waals surface area contributed by atoms with Crippen molar-refractivity contribution in [2.75, 3.05) is 26.3 Å². The van der Waals surface area contributed by atoms with Gasteiger partial charge in [-0.2, -0.15) is 0 Å². The van der Waals surface area contributed by atoms with Crippen LogP contribution in [0.5, 0.6) is 0 Å². The summed E-state index contributed by atoms with van der Waals surface area (Å²) in [6.45, 7) is 5.59. The van der Waals surface area contributed by atoms with Gasteiger partial charge in [0.2, 0.25) is 0 Å². The Bertz CT molecular complexity index is 208. The van der Waals surface area contributed by atoms with Gasteiger partial charge in [0, 0.05) is 26.3 Å². The number of hydrogen-bond acceptors (Lipinski definition) is 2. The number of guanidine groups is 1. The molecule has 0 aliphatic heterocycles. The second kappa shape index (κ2) is 11.1. The molecule has 0 aromatic rings. The van der Waals surface area contributed by atoms with E-state index in [1.54, 1.807) is 0 Å². The highest BCUT2D eigenvalue weighted by atomic mass is 127. The highest BCUT2D eigenvalue weighted by Crippen LogP contribution is 2.28. The molecule has 1 saturated carbocycles. The van der Waals surface area contributed by atoms with E-state index in [4.69, 9.17) is 10.5 Å². The lowest BCUT2D eigenvalue weighted by Crippen LogP contribution is -2.32. The Morgan fingerprint density at radius 3 is 2.82 bits per heavy atom. The number of nitrogens with two attached hydrogens (primary N) is 1. The number of unbranched alkanes of at least 4 members (excludes halogenated alkanes) is 1. The van der Waals surface area contributed by atoms with E-state index in [9.17, 15) is 0 Å². The third-order valence-electron chi connectivity index (χ3n) is 2.62. The molecule has 1 fully saturated rings. The first kappa shape index (κ1) is 17.0. The molecule has 5 heteroatoms. The minimum absolute atomic E-state index is 0. The standard InChI is InChI=1S/C12H25N3O.HI/c1-2-3-7-14-12(13)15-8-4-9-16-10-11-5-6-11;/h11H,2-10H2,1H3,(H3,13,14,15);1H. The SMILES string of the molecule is CCCCNC(N)=NCCCOCC1CC1.I. The molecule has 0 aromatic heterocycles. The first-order chi connectivity index (χ1) is 7.83. The first-order valence-corrected chi connectivity index (χ1v) is 6.44. The predicted molar refractivity (Wildman–Crippen MR) is 83.0 cm³/mol. The van der Waals surface area contributed by atoms with E-state index in [1.165, 1.54) is 19.3 Å². The zero-order valence-corrected chi connectivity index (χ0v) is 13.1. The summed E-state index contributed by atoms with van der Waals surface area (Å²) in [7, 11) is 0. The fourth-order valence-electron chi connectivity index (χ4n) is 1.35. The van der Waals surface area contributed by atoms with E-state index in [0.717, 1.165) is 45.1 Å². The number of aliphatic imine (C=N–C) groups is 1. The average Bonchev–Trinajstić information content (AvgIpc) is 3.07. The van der Waals surface area contributed by atoms with Crippen LogP contribution in [0.2, 0.25) is 0 Å². The summed E-state index contributed by atoms with van der Waals surface area (Å²) in [4.78, 5) is 4.23. The summed E-state index contributed by atoms with van der Waals surface area (Å²) >= 11 is 0. The van der Waals surface area contributed by atoms with Gasteiger partial charge in [0.05, 0.1) is 0 Å². The van der Waals surface area contributed by atoms with Crippen molar-refractivity contribution >= 4 is 29.9 Å². The van der Waals surface area contributed by atoms with Crippen LogP contribution in [0.1, 0.15) is 39.0 Å². The van der Waals surface area contributed by atoms with Gasteiger partial charge in [-0.1, -0.05) is 13.3 Å². The second-order valence-electron chi connectivity index (χ2n) is 4.42. The summed E-state index contributed by atoms with van der Waals surface area (Å²) in [5, 5.41) is 3.09. The molecule has 1 aliphatic carbocycles. The van der Waals surface area contributed by atoms with Crippen LogP contribution in [-0.4, -0.2) is 32.3 Å². The smallest absolute Gasteiger partial charge is 0.188 e. The van der Waals surface area contributed by atoms with Crippen molar-refractivity contribution in [1.29, 1.82) is 0 Å². The van der Waals surface area contributed by atoms with Gasteiger partial charge >= 0.3 is 0 Å². The minimum atomic E-state index is 0. The molecule has 102 valence electrons. The van der Waals surface area contributed by atoms with Crippen LogP contribution in [0.4, 0.5) is 0 Å². The summed E-state index contributed by atoms with van der Waals surface area (Å²) < 4.78 is 5.51. The van der Waals surface area contributed by atoms with Crippen molar-refractivity contribution in [3.05, 3.63) is 0 Å². The molecule has 0 heterocycles. The molecular weight excluding hydrogens is 329 g/mol. The minimum Gasteiger partial charge on any atom is -0.381 e. The summed E-state index contributed by atoms with van der Waals surface area (Å²) in [5.41, 5.74) is 5.69. The molecule has 1 rings (SSSR count). The monoisotopic (exact) mass is 355 g/mol. The molecular formula is C12H26IN3O. The Hall–Kier alpha value is -0.0400. The molecule has 0 atom stereocenters. The number of nitrogens with zero attached hydrogens (tertiary/aromatic N) is 1. The lowest BCUT2D eigenvalue weighted by Gasteiger charge is -2.04. The van der Waals surface area contributed by atoms with Crippen molar-refractivity contribution in [2.45, 2.75) is 39.0 Å². The number of ether oxygens (including phenoxy) is 1. The van der Waals surface area contributed by atoms with E-state index in [0.29, 0.717) is 5.96 Å². The molecule has 0 radical (unpaired) electrons. The first-order valence-electron chi connectivity index (χ1n) is 6.44. The summed E-state index contributed by atoms with van der Waals surface area (Å²) in [6.07, 6.45) is 5.98. The number of nitrogens with one attached hydrogen (secondary N) is 1. The van der Waals surface area contributed by atoms with Crippen molar-refractivity contribution in [3.63, 3.8) is 0 Å². The van der Waals surface area contributed by atoms with Gasteiger partial charge in [-0.05, 0) is 31.6 Å². The average molecular weight is 355 g/mol. The second-order valence-corrected chi connectivity index (χ2v) is 4.42. The molecule has 0 unspecified atom stereocenters. The number of hydrogen-bond donors (Lipinski definition) is 2. The van der Waals surface area contributed by atoms with Crippen LogP contribution >= 0.6 is 24.0 Å². The normalized spacial score (nSPS) is 15.5. The van der Waals surface area contributed by atoms with Gasteiger partial charge in [-0.25, -0.2) is 0 Å². The van der Waals surface area contributed by atoms with E-state index in [1.807, 2.05) is 0 Å². The van der Waals surface area contributed by atoms with Crippen molar-refractivity contribution in [3.8, 4) is 0 Å². The molecule has 4 nitrogen and oxygen atoms in total. The molecule has 0 bridgehead atoms. The van der Waals surface area contributed by atoms with Gasteiger partial charge < -0.3 is 15.8 Å². The Morgan fingerprint density at radius 1 is 1.41 bits per heavy atom. The van der Waals surface area contributed by atoms with Gasteiger partial charge in [0.15, 0.2) is 5.96 Å². The lowest BCUT2D eigenvalue weighted by atomic mass is 10.3. The number of halogens is 1. The fraction of sp³-hybridized carbons (Fsp3) is 0.917. The molecule has 0 aromatic carbocycles. The fourth-order valence-corrected chi connectivity index (χ4v) is 1.35. The molecule has 0 saturated heterocycles. The molecule has 1 aliphatic rings. The van der Waals surface area contributed by atoms with E-state index in [2.05, 4.69) is 17.2 Å². The molecule has 3 N–H and O–H groups in total. The molecule has 17 heavy (non-hydrogen) atoms.